The zero-order valence-corrected chi connectivity index (χ0v) is 12.2. The number of aromatic nitrogens is 2. The monoisotopic (exact) mass is 292 g/mol. The number of hydrogen-bond donors (Lipinski definition) is 1. The number of carboxylic acids is 1. The molecule has 6 heteroatoms. The summed E-state index contributed by atoms with van der Waals surface area (Å²) in [4.78, 5) is 15.0. The molecule has 0 atom stereocenters. The van der Waals surface area contributed by atoms with Crippen molar-refractivity contribution in [3.8, 4) is 11.4 Å². The van der Waals surface area contributed by atoms with E-state index in [2.05, 4.69) is 4.98 Å². The highest BCUT2D eigenvalue weighted by atomic mass is 32.2. The van der Waals surface area contributed by atoms with Crippen molar-refractivity contribution >= 4 is 17.7 Å². The average Bonchev–Trinajstić information content (AvgIpc) is 2.79. The number of para-hydroxylation sites is 2. The first-order chi connectivity index (χ1) is 9.63. The van der Waals surface area contributed by atoms with Gasteiger partial charge in [-0.05, 0) is 26.0 Å². The summed E-state index contributed by atoms with van der Waals surface area (Å²) in [5.74, 6) is -0.124. The van der Waals surface area contributed by atoms with Gasteiger partial charge in [-0.3, -0.25) is 9.36 Å². The zero-order chi connectivity index (χ0) is 14.5. The predicted octanol–water partition coefficient (Wildman–Crippen LogP) is 2.76. The number of thioether (sulfide) groups is 1. The summed E-state index contributed by atoms with van der Waals surface area (Å²) in [6.45, 7) is 4.43. The van der Waals surface area contributed by atoms with Crippen LogP contribution in [-0.4, -0.2) is 33.0 Å². The lowest BCUT2D eigenvalue weighted by molar-refractivity contribution is -0.133. The molecule has 0 fully saturated rings. The number of aryl methyl sites for hydroxylation is 1. The van der Waals surface area contributed by atoms with Crippen LogP contribution in [0.5, 0.6) is 5.75 Å². The highest BCUT2D eigenvalue weighted by Gasteiger charge is 2.14. The van der Waals surface area contributed by atoms with Gasteiger partial charge in [-0.15, -0.1) is 0 Å². The molecule has 0 unspecified atom stereocenters. The van der Waals surface area contributed by atoms with E-state index in [9.17, 15) is 4.79 Å². The van der Waals surface area contributed by atoms with Crippen LogP contribution in [0.2, 0.25) is 0 Å². The van der Waals surface area contributed by atoms with Crippen LogP contribution in [0, 0.1) is 6.92 Å². The maximum atomic E-state index is 10.7. The van der Waals surface area contributed by atoms with E-state index in [-0.39, 0.29) is 5.75 Å². The summed E-state index contributed by atoms with van der Waals surface area (Å²) < 4.78 is 7.54. The van der Waals surface area contributed by atoms with Gasteiger partial charge < -0.3 is 9.84 Å². The van der Waals surface area contributed by atoms with E-state index in [1.807, 2.05) is 42.7 Å². The molecule has 20 heavy (non-hydrogen) atoms. The third-order valence-electron chi connectivity index (χ3n) is 2.64. The van der Waals surface area contributed by atoms with Crippen LogP contribution in [0.3, 0.4) is 0 Å². The standard InChI is InChI=1S/C14H16N2O3S/c1-3-19-12-7-5-4-6-11(12)16-10(2)8-15-14(16)20-9-13(17)18/h4-8H,3,9H2,1-2H3,(H,17,18). The fourth-order valence-electron chi connectivity index (χ4n) is 1.86. The molecule has 0 spiro atoms. The molecule has 1 aromatic carbocycles. The van der Waals surface area contributed by atoms with E-state index in [4.69, 9.17) is 9.84 Å². The summed E-state index contributed by atoms with van der Waals surface area (Å²) in [6.07, 6.45) is 1.73. The Hall–Kier alpha value is -1.95. The van der Waals surface area contributed by atoms with Gasteiger partial charge in [0, 0.05) is 11.9 Å². The Bertz CT molecular complexity index is 610. The fourth-order valence-corrected chi connectivity index (χ4v) is 2.61. The second-order valence-corrected chi connectivity index (χ2v) is 5.04. The quantitative estimate of drug-likeness (QED) is 0.829. The highest BCUT2D eigenvalue weighted by Crippen LogP contribution is 2.29. The molecule has 1 heterocycles. The molecule has 0 aliphatic carbocycles. The first kappa shape index (κ1) is 14.5. The molecular weight excluding hydrogens is 276 g/mol. The van der Waals surface area contributed by atoms with Crippen LogP contribution in [0.4, 0.5) is 0 Å². The minimum Gasteiger partial charge on any atom is -0.492 e. The number of imidazole rings is 1. The van der Waals surface area contributed by atoms with Crippen molar-refractivity contribution in [2.24, 2.45) is 0 Å². The molecule has 2 rings (SSSR count). The van der Waals surface area contributed by atoms with Crippen molar-refractivity contribution in [2.75, 3.05) is 12.4 Å². The van der Waals surface area contributed by atoms with Gasteiger partial charge in [0.05, 0.1) is 18.0 Å². The summed E-state index contributed by atoms with van der Waals surface area (Å²) in [5, 5.41) is 9.45. The van der Waals surface area contributed by atoms with Crippen molar-refractivity contribution in [1.29, 1.82) is 0 Å². The van der Waals surface area contributed by atoms with Gasteiger partial charge in [-0.2, -0.15) is 0 Å². The first-order valence-electron chi connectivity index (χ1n) is 6.24. The van der Waals surface area contributed by atoms with E-state index in [1.54, 1.807) is 6.20 Å². The van der Waals surface area contributed by atoms with E-state index in [0.717, 1.165) is 17.1 Å². The number of nitrogens with zero attached hydrogens (tertiary/aromatic N) is 2. The lowest BCUT2D eigenvalue weighted by atomic mass is 10.3. The van der Waals surface area contributed by atoms with Crippen molar-refractivity contribution in [3.05, 3.63) is 36.2 Å². The topological polar surface area (TPSA) is 64.4 Å². The Morgan fingerprint density at radius 3 is 2.90 bits per heavy atom. The number of benzene rings is 1. The molecule has 2 aromatic rings. The Morgan fingerprint density at radius 2 is 2.20 bits per heavy atom. The Labute approximate surface area is 121 Å². The summed E-state index contributed by atoms with van der Waals surface area (Å²) in [6, 6.07) is 7.65. The molecule has 0 amide bonds. The molecule has 1 aromatic heterocycles. The normalized spacial score (nSPS) is 10.5. The summed E-state index contributed by atoms with van der Waals surface area (Å²) >= 11 is 1.19. The zero-order valence-electron chi connectivity index (χ0n) is 11.4. The molecule has 0 saturated heterocycles. The number of rotatable bonds is 6. The largest absolute Gasteiger partial charge is 0.492 e. The molecule has 0 radical (unpaired) electrons. The van der Waals surface area contributed by atoms with Gasteiger partial charge in [0.15, 0.2) is 5.16 Å². The molecule has 0 saturated carbocycles. The van der Waals surface area contributed by atoms with Crippen LogP contribution in [0.1, 0.15) is 12.6 Å². The molecular formula is C14H16N2O3S. The second kappa shape index (κ2) is 6.47. The molecule has 5 nitrogen and oxygen atoms in total. The number of ether oxygens (including phenoxy) is 1. The average molecular weight is 292 g/mol. The van der Waals surface area contributed by atoms with Gasteiger partial charge in [0.25, 0.3) is 0 Å². The smallest absolute Gasteiger partial charge is 0.313 e. The lowest BCUT2D eigenvalue weighted by Crippen LogP contribution is -2.05. The molecule has 1 N–H and O–H groups in total. The fraction of sp³-hybridized carbons (Fsp3) is 0.286. The van der Waals surface area contributed by atoms with E-state index in [1.165, 1.54) is 11.8 Å². The minimum atomic E-state index is -0.861. The van der Waals surface area contributed by atoms with Gasteiger partial charge in [-0.1, -0.05) is 23.9 Å². The maximum Gasteiger partial charge on any atom is 0.313 e. The Balaban J connectivity index is 2.41. The SMILES string of the molecule is CCOc1ccccc1-n1c(C)cnc1SCC(=O)O. The van der Waals surface area contributed by atoms with Crippen molar-refractivity contribution in [2.45, 2.75) is 19.0 Å². The van der Waals surface area contributed by atoms with Crippen LogP contribution >= 0.6 is 11.8 Å². The van der Waals surface area contributed by atoms with Gasteiger partial charge in [0.2, 0.25) is 0 Å². The Kier molecular flexibility index (Phi) is 4.68. The second-order valence-electron chi connectivity index (χ2n) is 4.10. The minimum absolute atomic E-state index is 0.0206. The third-order valence-corrected chi connectivity index (χ3v) is 3.57. The van der Waals surface area contributed by atoms with E-state index < -0.39 is 5.97 Å². The van der Waals surface area contributed by atoms with Gasteiger partial charge in [0.1, 0.15) is 5.75 Å². The first-order valence-corrected chi connectivity index (χ1v) is 7.23. The van der Waals surface area contributed by atoms with E-state index in [0.29, 0.717) is 11.8 Å². The number of aliphatic carboxylic acids is 1. The van der Waals surface area contributed by atoms with Crippen molar-refractivity contribution in [1.82, 2.24) is 9.55 Å². The summed E-state index contributed by atoms with van der Waals surface area (Å²) in [7, 11) is 0. The highest BCUT2D eigenvalue weighted by molar-refractivity contribution is 7.99. The Morgan fingerprint density at radius 1 is 1.45 bits per heavy atom. The van der Waals surface area contributed by atoms with Crippen molar-refractivity contribution in [3.63, 3.8) is 0 Å². The predicted molar refractivity (Wildman–Crippen MR) is 77.8 cm³/mol. The number of carboxylic acid groups (broad SMARTS) is 1. The third kappa shape index (κ3) is 3.14. The molecule has 0 bridgehead atoms. The molecule has 0 aliphatic heterocycles. The van der Waals surface area contributed by atoms with Gasteiger partial charge in [-0.25, -0.2) is 4.98 Å². The van der Waals surface area contributed by atoms with Crippen LogP contribution in [0.15, 0.2) is 35.6 Å². The maximum absolute atomic E-state index is 10.7. The van der Waals surface area contributed by atoms with E-state index >= 15 is 0 Å². The summed E-state index contributed by atoms with van der Waals surface area (Å²) in [5.41, 5.74) is 1.81. The lowest BCUT2D eigenvalue weighted by Gasteiger charge is -2.14. The van der Waals surface area contributed by atoms with Crippen LogP contribution < -0.4 is 4.74 Å². The van der Waals surface area contributed by atoms with Gasteiger partial charge >= 0.3 is 5.97 Å². The molecule has 0 aliphatic rings. The van der Waals surface area contributed by atoms with Crippen LogP contribution in [0.25, 0.3) is 5.69 Å². The number of hydrogen-bond acceptors (Lipinski definition) is 4. The molecule has 106 valence electrons. The number of carbonyl (C=O) groups is 1. The van der Waals surface area contributed by atoms with Crippen LogP contribution in [-0.2, 0) is 4.79 Å². The van der Waals surface area contributed by atoms with Crippen molar-refractivity contribution < 1.29 is 14.6 Å².